The Balaban J connectivity index is 1.49. The van der Waals surface area contributed by atoms with Gasteiger partial charge in [-0.3, -0.25) is 19.8 Å². The predicted octanol–water partition coefficient (Wildman–Crippen LogP) is 4.99. The Labute approximate surface area is 199 Å². The number of aromatic amines is 1. The molecule has 0 saturated heterocycles. The summed E-state index contributed by atoms with van der Waals surface area (Å²) in [4.78, 5) is 18.2. The highest BCUT2D eigenvalue weighted by molar-refractivity contribution is 7.71. The van der Waals surface area contributed by atoms with E-state index in [1.807, 2.05) is 25.3 Å². The van der Waals surface area contributed by atoms with Crippen molar-refractivity contribution in [3.63, 3.8) is 0 Å². The summed E-state index contributed by atoms with van der Waals surface area (Å²) in [7, 11) is 0. The zero-order valence-electron chi connectivity index (χ0n) is 18.3. The van der Waals surface area contributed by atoms with Gasteiger partial charge >= 0.3 is 0 Å². The van der Waals surface area contributed by atoms with Crippen molar-refractivity contribution in [3.05, 3.63) is 70.0 Å². The van der Waals surface area contributed by atoms with Crippen molar-refractivity contribution in [2.45, 2.75) is 33.9 Å². The number of anilines is 1. The number of hydrogen-bond donors (Lipinski definition) is 2. The average molecular weight is 483 g/mol. The van der Waals surface area contributed by atoms with E-state index >= 15 is 0 Å². The lowest BCUT2D eigenvalue weighted by atomic mass is 10.2. The molecule has 3 aromatic heterocycles. The van der Waals surface area contributed by atoms with Crippen LogP contribution in [0.3, 0.4) is 0 Å². The topological polar surface area (TPSA) is 111 Å². The number of rotatable bonds is 8. The van der Waals surface area contributed by atoms with Gasteiger partial charge < -0.3 is 9.26 Å². The van der Waals surface area contributed by atoms with Crippen LogP contribution in [0.1, 0.15) is 33.1 Å². The first-order chi connectivity index (χ1) is 15.9. The van der Waals surface area contributed by atoms with Crippen LogP contribution in [0.5, 0.6) is 5.75 Å². The Hall–Kier alpha value is -3.57. The summed E-state index contributed by atoms with van der Waals surface area (Å²) in [5.41, 5.74) is 2.87. The lowest BCUT2D eigenvalue weighted by molar-refractivity contribution is 0.102. The average Bonchev–Trinajstić information content (AvgIpc) is 3.44. The van der Waals surface area contributed by atoms with Crippen molar-refractivity contribution in [3.8, 4) is 16.5 Å². The number of amides is 1. The van der Waals surface area contributed by atoms with E-state index in [-0.39, 0.29) is 5.91 Å². The first kappa shape index (κ1) is 22.6. The number of ether oxygens (including phenoxy) is 1. The van der Waals surface area contributed by atoms with Crippen LogP contribution in [0, 0.1) is 25.5 Å². The summed E-state index contributed by atoms with van der Waals surface area (Å²) in [5.74, 6) is 1.65. The van der Waals surface area contributed by atoms with E-state index in [0.717, 1.165) is 21.8 Å². The monoisotopic (exact) mass is 482 g/mol. The molecular weight excluding hydrogens is 460 g/mol. The van der Waals surface area contributed by atoms with Crippen LogP contribution in [0.2, 0.25) is 0 Å². The van der Waals surface area contributed by atoms with Gasteiger partial charge in [-0.1, -0.05) is 28.6 Å². The van der Waals surface area contributed by atoms with E-state index in [9.17, 15) is 4.79 Å². The van der Waals surface area contributed by atoms with Gasteiger partial charge in [0.2, 0.25) is 0 Å². The van der Waals surface area contributed by atoms with Crippen LogP contribution in [0.4, 0.5) is 5.13 Å². The standard InChI is InChI=1S/C22H22N6O3S2/c1-5-9-28-19(25-26-22(28)32)18-13(3)23-21(33-18)24-20(29)15-7-6-8-16(10-15)30-11-17-12(2)27-31-14(17)4/h5-8,10H,1,9,11H2,2-4H3,(H,26,32)(H,23,24,29). The number of carbonyl (C=O) groups is 1. The van der Waals surface area contributed by atoms with Crippen LogP contribution in [0.15, 0.2) is 41.4 Å². The molecule has 1 aromatic carbocycles. The number of H-pyrrole nitrogens is 1. The van der Waals surface area contributed by atoms with Gasteiger partial charge in [0, 0.05) is 12.1 Å². The maximum Gasteiger partial charge on any atom is 0.257 e. The van der Waals surface area contributed by atoms with Gasteiger partial charge in [-0.2, -0.15) is 5.10 Å². The van der Waals surface area contributed by atoms with Crippen LogP contribution < -0.4 is 10.1 Å². The summed E-state index contributed by atoms with van der Waals surface area (Å²) in [6.07, 6.45) is 1.74. The molecule has 0 unspecified atom stereocenters. The zero-order valence-corrected chi connectivity index (χ0v) is 20.0. The highest BCUT2D eigenvalue weighted by Gasteiger charge is 2.18. The molecule has 0 spiro atoms. The van der Waals surface area contributed by atoms with E-state index in [0.29, 0.717) is 46.0 Å². The van der Waals surface area contributed by atoms with Gasteiger partial charge in [-0.25, -0.2) is 4.98 Å². The maximum atomic E-state index is 12.9. The molecule has 4 rings (SSSR count). The highest BCUT2D eigenvalue weighted by atomic mass is 32.1. The van der Waals surface area contributed by atoms with Crippen LogP contribution >= 0.6 is 23.6 Å². The number of nitrogens with one attached hydrogen (secondary N) is 2. The number of allylic oxidation sites excluding steroid dienone is 1. The van der Waals surface area contributed by atoms with Crippen molar-refractivity contribution in [1.82, 2.24) is 24.9 Å². The van der Waals surface area contributed by atoms with Gasteiger partial charge in [-0.05, 0) is 51.2 Å². The normalized spacial score (nSPS) is 10.9. The number of nitrogens with zero attached hydrogens (tertiary/aromatic N) is 4. The summed E-state index contributed by atoms with van der Waals surface area (Å²) in [5, 5.41) is 14.4. The van der Waals surface area contributed by atoms with Crippen molar-refractivity contribution >= 4 is 34.6 Å². The fourth-order valence-electron chi connectivity index (χ4n) is 3.21. The van der Waals surface area contributed by atoms with E-state index in [4.69, 9.17) is 21.5 Å². The smallest absolute Gasteiger partial charge is 0.257 e. The van der Waals surface area contributed by atoms with Crippen molar-refractivity contribution in [2.24, 2.45) is 0 Å². The Bertz CT molecular complexity index is 1360. The molecule has 4 aromatic rings. The molecule has 33 heavy (non-hydrogen) atoms. The molecule has 11 heteroatoms. The van der Waals surface area contributed by atoms with Crippen molar-refractivity contribution in [1.29, 1.82) is 0 Å². The molecule has 2 N–H and O–H groups in total. The third kappa shape index (κ3) is 4.78. The summed E-state index contributed by atoms with van der Waals surface area (Å²) in [6.45, 7) is 10.1. The molecule has 0 radical (unpaired) electrons. The highest BCUT2D eigenvalue weighted by Crippen LogP contribution is 2.32. The fraction of sp³-hybridized carbons (Fsp3) is 0.227. The van der Waals surface area contributed by atoms with Gasteiger partial charge in [0.25, 0.3) is 5.91 Å². The SMILES string of the molecule is C=CCn1c(-c2sc(NC(=O)c3cccc(OCc4c(C)noc4C)c3)nc2C)n[nH]c1=S. The van der Waals surface area contributed by atoms with E-state index < -0.39 is 0 Å². The van der Waals surface area contributed by atoms with Gasteiger partial charge in [0.1, 0.15) is 18.1 Å². The Morgan fingerprint density at radius 3 is 2.91 bits per heavy atom. The zero-order chi connectivity index (χ0) is 23.5. The molecular formula is C22H22N6O3S2. The van der Waals surface area contributed by atoms with E-state index in [2.05, 4.69) is 32.2 Å². The second kappa shape index (κ2) is 9.51. The first-order valence-electron chi connectivity index (χ1n) is 10.1. The molecule has 0 fully saturated rings. The van der Waals surface area contributed by atoms with Gasteiger partial charge in [0.15, 0.2) is 15.7 Å². The second-order valence-electron chi connectivity index (χ2n) is 7.26. The number of hydrogen-bond acceptors (Lipinski definition) is 8. The quantitative estimate of drug-likeness (QED) is 0.269. The van der Waals surface area contributed by atoms with E-state index in [1.54, 1.807) is 30.3 Å². The molecule has 0 aliphatic carbocycles. The predicted molar refractivity (Wildman–Crippen MR) is 128 cm³/mol. The molecule has 3 heterocycles. The molecule has 0 aliphatic rings. The van der Waals surface area contributed by atoms with E-state index in [1.165, 1.54) is 11.3 Å². The minimum absolute atomic E-state index is 0.289. The lowest BCUT2D eigenvalue weighted by Crippen LogP contribution is -2.11. The van der Waals surface area contributed by atoms with Crippen LogP contribution in [0.25, 0.3) is 10.7 Å². The van der Waals surface area contributed by atoms with Crippen LogP contribution in [-0.4, -0.2) is 30.8 Å². The summed E-state index contributed by atoms with van der Waals surface area (Å²) in [6, 6.07) is 6.96. The Kier molecular flexibility index (Phi) is 6.52. The maximum absolute atomic E-state index is 12.9. The minimum Gasteiger partial charge on any atom is -0.489 e. The third-order valence-electron chi connectivity index (χ3n) is 4.95. The molecule has 0 atom stereocenters. The summed E-state index contributed by atoms with van der Waals surface area (Å²) < 4.78 is 13.3. The minimum atomic E-state index is -0.289. The second-order valence-corrected chi connectivity index (χ2v) is 8.64. The van der Waals surface area contributed by atoms with Crippen molar-refractivity contribution < 1.29 is 14.1 Å². The largest absolute Gasteiger partial charge is 0.489 e. The molecule has 170 valence electrons. The summed E-state index contributed by atoms with van der Waals surface area (Å²) >= 11 is 6.62. The number of aromatic nitrogens is 5. The lowest BCUT2D eigenvalue weighted by Gasteiger charge is -2.08. The number of aryl methyl sites for hydroxylation is 3. The van der Waals surface area contributed by atoms with Gasteiger partial charge in [-0.15, -0.1) is 6.58 Å². The molecule has 1 amide bonds. The Morgan fingerprint density at radius 1 is 1.36 bits per heavy atom. The number of thiazole rings is 1. The fourth-order valence-corrected chi connectivity index (χ4v) is 4.37. The molecule has 9 nitrogen and oxygen atoms in total. The Morgan fingerprint density at radius 2 is 2.18 bits per heavy atom. The van der Waals surface area contributed by atoms with Crippen LogP contribution in [-0.2, 0) is 13.2 Å². The molecule has 0 saturated carbocycles. The van der Waals surface area contributed by atoms with Gasteiger partial charge in [0.05, 0.1) is 21.8 Å². The van der Waals surface area contributed by atoms with Crippen molar-refractivity contribution in [2.75, 3.05) is 5.32 Å². The first-order valence-corrected chi connectivity index (χ1v) is 11.3. The number of benzene rings is 1. The third-order valence-corrected chi connectivity index (χ3v) is 6.33. The number of carbonyl (C=O) groups excluding carboxylic acids is 1. The molecule has 0 bridgehead atoms. The molecule has 0 aliphatic heterocycles.